The molecule has 1 aromatic rings. The van der Waals surface area contributed by atoms with E-state index in [-0.39, 0.29) is 23.6 Å². The fourth-order valence-corrected chi connectivity index (χ4v) is 3.02. The van der Waals surface area contributed by atoms with Crippen molar-refractivity contribution in [2.24, 2.45) is 10.4 Å². The van der Waals surface area contributed by atoms with E-state index in [4.69, 9.17) is 4.74 Å². The van der Waals surface area contributed by atoms with E-state index in [2.05, 4.69) is 20.9 Å². The third kappa shape index (κ3) is 6.22. The van der Waals surface area contributed by atoms with E-state index in [1.807, 2.05) is 6.92 Å². The highest BCUT2D eigenvalue weighted by molar-refractivity contribution is 5.94. The number of hydrogen-bond donors (Lipinski definition) is 4. The number of guanidine groups is 1. The first-order chi connectivity index (χ1) is 12.6. The second-order valence-corrected chi connectivity index (χ2v) is 6.74. The fraction of sp³-hybridized carbons (Fsp3) is 0.579. The van der Waals surface area contributed by atoms with Gasteiger partial charge in [0.05, 0.1) is 0 Å². The highest BCUT2D eigenvalue weighted by Gasteiger charge is 2.36. The minimum atomic E-state index is -0.203. The Hall–Kier alpha value is -2.28. The van der Waals surface area contributed by atoms with Crippen LogP contribution in [0.25, 0.3) is 0 Å². The van der Waals surface area contributed by atoms with Crippen molar-refractivity contribution < 1.29 is 14.6 Å². The van der Waals surface area contributed by atoms with Crippen LogP contribution in [-0.2, 0) is 9.53 Å². The summed E-state index contributed by atoms with van der Waals surface area (Å²) in [5.74, 6) is 0.612. The van der Waals surface area contributed by atoms with Crippen LogP contribution in [0.15, 0.2) is 29.3 Å². The highest BCUT2D eigenvalue weighted by atomic mass is 16.5. The summed E-state index contributed by atoms with van der Waals surface area (Å²) in [6.07, 6.45) is 4.69. The van der Waals surface area contributed by atoms with Gasteiger partial charge in [-0.05, 0) is 55.9 Å². The highest BCUT2D eigenvalue weighted by Crippen LogP contribution is 2.43. The van der Waals surface area contributed by atoms with Crippen LogP contribution < -0.4 is 16.0 Å². The molecule has 0 spiro atoms. The van der Waals surface area contributed by atoms with E-state index in [0.29, 0.717) is 11.6 Å². The van der Waals surface area contributed by atoms with E-state index in [1.165, 1.54) is 31.4 Å². The zero-order chi connectivity index (χ0) is 18.8. The summed E-state index contributed by atoms with van der Waals surface area (Å²) >= 11 is 0. The van der Waals surface area contributed by atoms with Gasteiger partial charge in [0.15, 0.2) is 5.96 Å². The lowest BCUT2D eigenvalue weighted by Gasteiger charge is -2.42. The van der Waals surface area contributed by atoms with Crippen LogP contribution >= 0.6 is 0 Å². The predicted molar refractivity (Wildman–Crippen MR) is 103 cm³/mol. The zero-order valence-corrected chi connectivity index (χ0v) is 15.7. The molecule has 1 aromatic carbocycles. The van der Waals surface area contributed by atoms with Crippen LogP contribution in [0.1, 0.15) is 32.6 Å². The maximum atomic E-state index is 12.1. The number of phenolic OH excluding ortho intramolecular Hbond substituents is 1. The summed E-state index contributed by atoms with van der Waals surface area (Å²) < 4.78 is 5.23. The normalized spacial score (nSPS) is 15.8. The number of aromatic hydroxyl groups is 1. The van der Waals surface area contributed by atoms with Crippen LogP contribution in [0.5, 0.6) is 5.75 Å². The maximum absolute atomic E-state index is 12.1. The Kier molecular flexibility index (Phi) is 7.72. The van der Waals surface area contributed by atoms with Gasteiger partial charge in [0, 0.05) is 32.5 Å². The maximum Gasteiger partial charge on any atom is 0.246 e. The van der Waals surface area contributed by atoms with Gasteiger partial charge in [-0.1, -0.05) is 6.42 Å². The van der Waals surface area contributed by atoms with Crippen LogP contribution in [0, 0.1) is 5.41 Å². The van der Waals surface area contributed by atoms with Crippen molar-refractivity contribution in [1.82, 2.24) is 10.6 Å². The number of aliphatic imine (C=N–C) groups is 1. The zero-order valence-electron chi connectivity index (χ0n) is 15.7. The molecule has 1 saturated carbocycles. The Morgan fingerprint density at radius 1 is 1.27 bits per heavy atom. The molecule has 1 aliphatic rings. The molecule has 7 heteroatoms. The number of carbonyl (C=O) groups is 1. The van der Waals surface area contributed by atoms with Crippen molar-refractivity contribution in [1.29, 1.82) is 0 Å². The molecule has 0 radical (unpaired) electrons. The number of benzene rings is 1. The van der Waals surface area contributed by atoms with Crippen LogP contribution in [0.4, 0.5) is 5.69 Å². The first-order valence-electron chi connectivity index (χ1n) is 9.17. The number of anilines is 1. The van der Waals surface area contributed by atoms with Crippen LogP contribution in [-0.4, -0.2) is 50.3 Å². The number of amides is 1. The molecule has 0 bridgehead atoms. The summed E-state index contributed by atoms with van der Waals surface area (Å²) in [6, 6.07) is 6.36. The average Bonchev–Trinajstić information content (AvgIpc) is 2.60. The van der Waals surface area contributed by atoms with Gasteiger partial charge in [-0.15, -0.1) is 0 Å². The van der Waals surface area contributed by atoms with E-state index < -0.39 is 0 Å². The number of hydrogen-bond acceptors (Lipinski definition) is 4. The van der Waals surface area contributed by atoms with E-state index in [9.17, 15) is 9.90 Å². The lowest BCUT2D eigenvalue weighted by atomic mass is 9.67. The number of carbonyl (C=O) groups excluding carboxylic acids is 1. The summed E-state index contributed by atoms with van der Waals surface area (Å²) in [7, 11) is 1.73. The number of nitrogens with zero attached hydrogens (tertiary/aromatic N) is 1. The predicted octanol–water partition coefficient (Wildman–Crippen LogP) is 2.09. The first-order valence-corrected chi connectivity index (χ1v) is 9.17. The Morgan fingerprint density at radius 3 is 2.58 bits per heavy atom. The van der Waals surface area contributed by atoms with Crippen molar-refractivity contribution in [2.75, 3.05) is 38.7 Å². The van der Waals surface area contributed by atoms with E-state index in [0.717, 1.165) is 26.1 Å². The summed E-state index contributed by atoms with van der Waals surface area (Å²) in [6.45, 7) is 4.36. The molecule has 2 rings (SSSR count). The molecule has 0 atom stereocenters. The molecular weight excluding hydrogens is 332 g/mol. The third-order valence-electron chi connectivity index (χ3n) is 4.76. The minimum Gasteiger partial charge on any atom is -0.508 e. The first kappa shape index (κ1) is 20.0. The van der Waals surface area contributed by atoms with Crippen LogP contribution in [0.2, 0.25) is 0 Å². The summed E-state index contributed by atoms with van der Waals surface area (Å²) in [5, 5.41) is 18.6. The topological polar surface area (TPSA) is 95.0 Å². The minimum absolute atomic E-state index is 0.0290. The quantitative estimate of drug-likeness (QED) is 0.307. The molecule has 1 fully saturated rings. The lowest BCUT2D eigenvalue weighted by Crippen LogP contribution is -2.47. The van der Waals surface area contributed by atoms with Crippen molar-refractivity contribution in [3.05, 3.63) is 24.3 Å². The van der Waals surface area contributed by atoms with Gasteiger partial charge in [0.25, 0.3) is 0 Å². The molecular formula is C19H30N4O3. The van der Waals surface area contributed by atoms with E-state index >= 15 is 0 Å². The monoisotopic (exact) mass is 362 g/mol. The molecule has 1 amide bonds. The molecule has 7 nitrogen and oxygen atoms in total. The second kappa shape index (κ2) is 10.0. The smallest absolute Gasteiger partial charge is 0.246 e. The SMILES string of the molecule is CCNC(=NCC(=O)Nc1ccc(O)cc1)NCC1(CCOC)CCC1. The number of rotatable bonds is 9. The number of nitrogens with one attached hydrogen (secondary N) is 3. The summed E-state index contributed by atoms with van der Waals surface area (Å²) in [4.78, 5) is 16.4. The second-order valence-electron chi connectivity index (χ2n) is 6.74. The average molecular weight is 362 g/mol. The van der Waals surface area contributed by atoms with Gasteiger partial charge in [0.2, 0.25) is 5.91 Å². The lowest BCUT2D eigenvalue weighted by molar-refractivity contribution is -0.114. The van der Waals surface area contributed by atoms with Crippen molar-refractivity contribution in [2.45, 2.75) is 32.6 Å². The molecule has 0 unspecified atom stereocenters. The number of methoxy groups -OCH3 is 1. The molecule has 0 saturated heterocycles. The molecule has 144 valence electrons. The molecule has 1 aliphatic carbocycles. The van der Waals surface area contributed by atoms with Gasteiger partial charge in [-0.25, -0.2) is 4.99 Å². The van der Waals surface area contributed by atoms with Gasteiger partial charge in [-0.3, -0.25) is 4.79 Å². The van der Waals surface area contributed by atoms with Crippen molar-refractivity contribution in [3.8, 4) is 5.75 Å². The molecule has 26 heavy (non-hydrogen) atoms. The van der Waals surface area contributed by atoms with Gasteiger partial charge < -0.3 is 25.8 Å². The largest absolute Gasteiger partial charge is 0.508 e. The van der Waals surface area contributed by atoms with Gasteiger partial charge in [-0.2, -0.15) is 0 Å². The Bertz CT molecular complexity index is 597. The van der Waals surface area contributed by atoms with Crippen LogP contribution in [0.3, 0.4) is 0 Å². The van der Waals surface area contributed by atoms with Crippen molar-refractivity contribution >= 4 is 17.6 Å². The Labute approximate surface area is 155 Å². The standard InChI is InChI=1S/C19H30N4O3/c1-3-20-18(22-14-19(9-4-10-19)11-12-26-2)21-13-17(25)23-15-5-7-16(24)8-6-15/h5-8,24H,3-4,9-14H2,1-2H3,(H,23,25)(H2,20,21,22). The summed E-state index contributed by atoms with van der Waals surface area (Å²) in [5.41, 5.74) is 0.912. The van der Waals surface area contributed by atoms with Gasteiger partial charge in [0.1, 0.15) is 12.3 Å². The van der Waals surface area contributed by atoms with Gasteiger partial charge >= 0.3 is 0 Å². The Balaban J connectivity index is 1.85. The fourth-order valence-electron chi connectivity index (χ4n) is 3.02. The molecule has 0 heterocycles. The molecule has 4 N–H and O–H groups in total. The Morgan fingerprint density at radius 2 is 2.00 bits per heavy atom. The van der Waals surface area contributed by atoms with Crippen molar-refractivity contribution in [3.63, 3.8) is 0 Å². The molecule has 0 aliphatic heterocycles. The third-order valence-corrected chi connectivity index (χ3v) is 4.76. The van der Waals surface area contributed by atoms with E-state index in [1.54, 1.807) is 19.2 Å². The molecule has 0 aromatic heterocycles. The number of ether oxygens (including phenoxy) is 1. The number of phenols is 1.